The highest BCUT2D eigenvalue weighted by atomic mass is 32.1. The molecule has 0 atom stereocenters. The van der Waals surface area contributed by atoms with Gasteiger partial charge in [0.25, 0.3) is 5.91 Å². The minimum absolute atomic E-state index is 0.199. The molecule has 0 saturated carbocycles. The molecular weight excluding hydrogens is 526 g/mol. The van der Waals surface area contributed by atoms with Crippen molar-refractivity contribution in [1.29, 1.82) is 0 Å². The number of methoxy groups -OCH3 is 2. The van der Waals surface area contributed by atoms with Crippen molar-refractivity contribution in [1.82, 2.24) is 15.2 Å². The van der Waals surface area contributed by atoms with Crippen LogP contribution in [0.25, 0.3) is 0 Å². The summed E-state index contributed by atoms with van der Waals surface area (Å²) in [6, 6.07) is 20.3. The fourth-order valence-corrected chi connectivity index (χ4v) is 5.31. The highest BCUT2D eigenvalue weighted by molar-refractivity contribution is 7.09. The molecule has 1 amide bonds. The predicted octanol–water partition coefficient (Wildman–Crippen LogP) is 5.37. The maximum atomic E-state index is 12.8. The molecule has 0 radical (unpaired) electrons. The molecule has 8 nitrogen and oxygen atoms in total. The van der Waals surface area contributed by atoms with E-state index in [1.807, 2.05) is 35.7 Å². The van der Waals surface area contributed by atoms with Crippen LogP contribution in [0.3, 0.4) is 0 Å². The second-order valence-electron chi connectivity index (χ2n) is 9.63. The topological polar surface area (TPSA) is 82.2 Å². The smallest absolute Gasteiger partial charge is 0.271 e. The van der Waals surface area contributed by atoms with Gasteiger partial charge in [0.15, 0.2) is 23.0 Å². The number of hydrogen-bond acceptors (Lipinski definition) is 8. The molecule has 1 aromatic heterocycles. The zero-order valence-electron chi connectivity index (χ0n) is 22.9. The Morgan fingerprint density at radius 2 is 1.68 bits per heavy atom. The predicted molar refractivity (Wildman–Crippen MR) is 154 cm³/mol. The van der Waals surface area contributed by atoms with Crippen LogP contribution in [0.5, 0.6) is 23.0 Å². The van der Waals surface area contributed by atoms with Crippen molar-refractivity contribution in [3.63, 3.8) is 0 Å². The lowest BCUT2D eigenvalue weighted by atomic mass is 10.1. The molecule has 0 saturated heterocycles. The molecule has 1 aliphatic rings. The number of nitrogens with zero attached hydrogens (tertiary/aromatic N) is 2. The summed E-state index contributed by atoms with van der Waals surface area (Å²) in [6.07, 6.45) is 0.834. The number of fused-ring (bicyclic) bond motifs is 1. The lowest BCUT2D eigenvalue weighted by molar-refractivity contribution is 0.0946. The second-order valence-corrected chi connectivity index (χ2v) is 10.6. The maximum Gasteiger partial charge on any atom is 0.271 e. The van der Waals surface area contributed by atoms with Crippen LogP contribution in [0.2, 0.25) is 0 Å². The largest absolute Gasteiger partial charge is 0.493 e. The zero-order chi connectivity index (χ0) is 27.9. The van der Waals surface area contributed by atoms with Gasteiger partial charge in [-0.3, -0.25) is 9.69 Å². The van der Waals surface area contributed by atoms with Crippen molar-refractivity contribution in [2.75, 3.05) is 27.6 Å². The van der Waals surface area contributed by atoms with E-state index >= 15 is 0 Å². The molecule has 1 aliphatic heterocycles. The van der Waals surface area contributed by atoms with E-state index in [9.17, 15) is 4.79 Å². The standard InChI is InChI=1S/C31H33N3O5S/c1-21-4-6-23(7-5-21)17-34(13-12-22-8-10-26(36-2)28(14-22)37-3)18-30-33-25(19-40-30)31(35)32-16-24-9-11-27-29(15-24)39-20-38-27/h4-11,14-15,19H,12-13,16-18,20H2,1-3H3,(H,32,35). The summed E-state index contributed by atoms with van der Waals surface area (Å²) in [7, 11) is 3.29. The number of amides is 1. The highest BCUT2D eigenvalue weighted by Gasteiger charge is 2.17. The molecule has 0 unspecified atom stereocenters. The Balaban J connectivity index is 1.23. The summed E-state index contributed by atoms with van der Waals surface area (Å²) in [5, 5.41) is 5.68. The van der Waals surface area contributed by atoms with E-state index in [1.165, 1.54) is 22.5 Å². The van der Waals surface area contributed by atoms with E-state index < -0.39 is 0 Å². The van der Waals surface area contributed by atoms with Crippen LogP contribution in [-0.4, -0.2) is 43.3 Å². The van der Waals surface area contributed by atoms with Gasteiger partial charge < -0.3 is 24.3 Å². The number of ether oxygens (including phenoxy) is 4. The van der Waals surface area contributed by atoms with Crippen LogP contribution >= 0.6 is 11.3 Å². The molecule has 3 aromatic carbocycles. The molecule has 0 aliphatic carbocycles. The average Bonchev–Trinajstić information content (AvgIpc) is 3.65. The molecule has 208 valence electrons. The summed E-state index contributed by atoms with van der Waals surface area (Å²) in [5.41, 5.74) is 4.99. The van der Waals surface area contributed by atoms with Gasteiger partial charge in [0.1, 0.15) is 10.7 Å². The average molecular weight is 560 g/mol. The van der Waals surface area contributed by atoms with Crippen LogP contribution in [0, 0.1) is 6.92 Å². The van der Waals surface area contributed by atoms with Crippen molar-refractivity contribution in [2.24, 2.45) is 0 Å². The Bertz CT molecular complexity index is 1450. The van der Waals surface area contributed by atoms with Crippen LogP contribution in [0.15, 0.2) is 66.0 Å². The number of rotatable bonds is 12. The van der Waals surface area contributed by atoms with E-state index in [0.29, 0.717) is 24.5 Å². The van der Waals surface area contributed by atoms with Gasteiger partial charge >= 0.3 is 0 Å². The van der Waals surface area contributed by atoms with Gasteiger partial charge in [-0.1, -0.05) is 42.0 Å². The van der Waals surface area contributed by atoms with Crippen LogP contribution < -0.4 is 24.3 Å². The van der Waals surface area contributed by atoms with Crippen molar-refractivity contribution in [2.45, 2.75) is 33.0 Å². The number of thiazole rings is 1. The van der Waals surface area contributed by atoms with E-state index in [4.69, 9.17) is 18.9 Å². The summed E-state index contributed by atoms with van der Waals surface area (Å²) in [5.74, 6) is 2.66. The van der Waals surface area contributed by atoms with Gasteiger partial charge in [-0.05, 0) is 54.3 Å². The highest BCUT2D eigenvalue weighted by Crippen LogP contribution is 2.32. The second kappa shape index (κ2) is 12.8. The number of carbonyl (C=O) groups excluding carboxylic acids is 1. The van der Waals surface area contributed by atoms with Crippen molar-refractivity contribution < 1.29 is 23.7 Å². The summed E-state index contributed by atoms with van der Waals surface area (Å²) < 4.78 is 21.6. The molecular formula is C31H33N3O5S. The molecule has 0 spiro atoms. The van der Waals surface area contributed by atoms with Gasteiger partial charge in [-0.25, -0.2) is 4.98 Å². The number of aromatic nitrogens is 1. The summed E-state index contributed by atoms with van der Waals surface area (Å²) in [4.78, 5) is 19.9. The maximum absolute atomic E-state index is 12.8. The Morgan fingerprint density at radius 1 is 0.925 bits per heavy atom. The number of aryl methyl sites for hydroxylation is 1. The molecule has 40 heavy (non-hydrogen) atoms. The molecule has 0 bridgehead atoms. The normalized spacial score (nSPS) is 12.0. The van der Waals surface area contributed by atoms with E-state index in [1.54, 1.807) is 14.2 Å². The third kappa shape index (κ3) is 6.91. The van der Waals surface area contributed by atoms with Crippen molar-refractivity contribution in [3.8, 4) is 23.0 Å². The van der Waals surface area contributed by atoms with E-state index in [0.717, 1.165) is 52.9 Å². The van der Waals surface area contributed by atoms with Crippen molar-refractivity contribution in [3.05, 3.63) is 99.0 Å². The SMILES string of the molecule is COc1ccc(CCN(Cc2ccc(C)cc2)Cc2nc(C(=O)NCc3ccc4c(c3)OCO4)cs2)cc1OC. The molecule has 1 N–H and O–H groups in total. The third-order valence-corrected chi connectivity index (χ3v) is 7.56. The lowest BCUT2D eigenvalue weighted by Gasteiger charge is -2.22. The lowest BCUT2D eigenvalue weighted by Crippen LogP contribution is -2.26. The first kappa shape index (κ1) is 27.5. The number of benzene rings is 3. The van der Waals surface area contributed by atoms with Crippen LogP contribution in [-0.2, 0) is 26.1 Å². The fourth-order valence-electron chi connectivity index (χ4n) is 4.49. The molecule has 5 rings (SSSR count). The molecule has 9 heteroatoms. The van der Waals surface area contributed by atoms with Crippen LogP contribution in [0.1, 0.15) is 37.7 Å². The monoisotopic (exact) mass is 559 g/mol. The Morgan fingerprint density at radius 3 is 2.48 bits per heavy atom. The van der Waals surface area contributed by atoms with Crippen LogP contribution in [0.4, 0.5) is 0 Å². The minimum atomic E-state index is -0.199. The molecule has 0 fully saturated rings. The third-order valence-electron chi connectivity index (χ3n) is 6.72. The van der Waals surface area contributed by atoms with E-state index in [2.05, 4.69) is 52.5 Å². The minimum Gasteiger partial charge on any atom is -0.493 e. The molecule has 4 aromatic rings. The quantitative estimate of drug-likeness (QED) is 0.250. The first-order valence-corrected chi connectivity index (χ1v) is 14.0. The number of hydrogen-bond donors (Lipinski definition) is 1. The Kier molecular flexibility index (Phi) is 8.83. The van der Waals surface area contributed by atoms with E-state index in [-0.39, 0.29) is 12.7 Å². The Hall–Kier alpha value is -4.08. The fraction of sp³-hybridized carbons (Fsp3) is 0.290. The van der Waals surface area contributed by atoms with Gasteiger partial charge in [-0.15, -0.1) is 11.3 Å². The van der Waals surface area contributed by atoms with Gasteiger partial charge in [-0.2, -0.15) is 0 Å². The zero-order valence-corrected chi connectivity index (χ0v) is 23.8. The number of carbonyl (C=O) groups is 1. The summed E-state index contributed by atoms with van der Waals surface area (Å²) >= 11 is 1.50. The first-order chi connectivity index (χ1) is 19.5. The van der Waals surface area contributed by atoms with Gasteiger partial charge in [0, 0.05) is 25.0 Å². The molecule has 2 heterocycles. The van der Waals surface area contributed by atoms with Gasteiger partial charge in [0.05, 0.1) is 20.8 Å². The summed E-state index contributed by atoms with van der Waals surface area (Å²) in [6.45, 7) is 4.93. The Labute approximate surface area is 238 Å². The van der Waals surface area contributed by atoms with Gasteiger partial charge in [0.2, 0.25) is 6.79 Å². The number of nitrogens with one attached hydrogen (secondary N) is 1. The first-order valence-electron chi connectivity index (χ1n) is 13.1. The van der Waals surface area contributed by atoms with Crippen molar-refractivity contribution >= 4 is 17.2 Å².